The Labute approximate surface area is 452 Å². The Balaban J connectivity index is 1.20. The molecule has 5 rings (SSSR count). The predicted molar refractivity (Wildman–Crippen MR) is 284 cm³/mol. The molecule has 3 saturated heterocycles. The lowest BCUT2D eigenvalue weighted by molar-refractivity contribution is -0.145. The van der Waals surface area contributed by atoms with Crippen molar-refractivity contribution in [2.75, 3.05) is 52.4 Å². The summed E-state index contributed by atoms with van der Waals surface area (Å²) in [5, 5.41) is 35.8. The summed E-state index contributed by atoms with van der Waals surface area (Å²) in [7, 11) is 0. The Morgan fingerprint density at radius 3 is 1.67 bits per heavy atom. The maximum atomic E-state index is 14.3. The van der Waals surface area contributed by atoms with Crippen LogP contribution in [-0.4, -0.2) is 191 Å². The van der Waals surface area contributed by atoms with E-state index in [0.717, 1.165) is 0 Å². The highest BCUT2D eigenvalue weighted by molar-refractivity contribution is 5.98. The first-order valence-electron chi connectivity index (χ1n) is 26.5. The fourth-order valence-corrected chi connectivity index (χ4v) is 9.77. The van der Waals surface area contributed by atoms with Gasteiger partial charge in [0.05, 0.1) is 25.7 Å². The van der Waals surface area contributed by atoms with Gasteiger partial charge in [0.2, 0.25) is 53.2 Å². The maximum absolute atomic E-state index is 14.3. The molecule has 78 heavy (non-hydrogen) atoms. The molecule has 0 spiro atoms. The van der Waals surface area contributed by atoms with Gasteiger partial charge in [-0.05, 0) is 81.9 Å². The topological polar surface area (TPSA) is 410 Å². The van der Waals surface area contributed by atoms with Crippen molar-refractivity contribution in [3.63, 3.8) is 0 Å². The lowest BCUT2D eigenvalue weighted by Crippen LogP contribution is -2.59. The van der Waals surface area contributed by atoms with Gasteiger partial charge in [-0.15, -0.1) is 0 Å². The van der Waals surface area contributed by atoms with E-state index in [0.29, 0.717) is 56.2 Å². The number of guanidine groups is 1. The van der Waals surface area contributed by atoms with E-state index in [9.17, 15) is 58.2 Å². The van der Waals surface area contributed by atoms with Crippen molar-refractivity contribution in [3.05, 3.63) is 71.8 Å². The van der Waals surface area contributed by atoms with Crippen LogP contribution in [0.5, 0.6) is 0 Å². The molecule has 3 aliphatic rings. The Bertz CT molecular complexity index is 2430. The third-order valence-electron chi connectivity index (χ3n) is 13.9. The molecule has 3 fully saturated rings. The second-order valence-electron chi connectivity index (χ2n) is 19.6. The Morgan fingerprint density at radius 1 is 0.590 bits per heavy atom. The van der Waals surface area contributed by atoms with Crippen molar-refractivity contribution in [1.29, 1.82) is 0 Å². The summed E-state index contributed by atoms with van der Waals surface area (Å²) in [4.78, 5) is 143. The minimum Gasteiger partial charge on any atom is -0.480 e. The highest BCUT2D eigenvalue weighted by atomic mass is 16.4. The zero-order valence-electron chi connectivity index (χ0n) is 43.8. The van der Waals surface area contributed by atoms with Gasteiger partial charge in [-0.25, -0.2) is 4.79 Å². The van der Waals surface area contributed by atoms with Crippen LogP contribution >= 0.6 is 0 Å². The summed E-state index contributed by atoms with van der Waals surface area (Å²) >= 11 is 0. The maximum Gasteiger partial charge on any atom is 0.326 e. The normalized spacial score (nSPS) is 18.8. The molecular weight excluding hydrogens is 1010 g/mol. The number of nitrogens with zero attached hydrogens (tertiary/aromatic N) is 4. The van der Waals surface area contributed by atoms with Crippen molar-refractivity contribution in [2.24, 2.45) is 27.9 Å². The molecule has 0 bridgehead atoms. The zero-order chi connectivity index (χ0) is 56.7. The van der Waals surface area contributed by atoms with Crippen LogP contribution in [0.15, 0.2) is 65.7 Å². The fourth-order valence-electron chi connectivity index (χ4n) is 9.77. The summed E-state index contributed by atoms with van der Waals surface area (Å²) in [6.07, 6.45) is 3.91. The SMILES string of the molecule is NCCCC[C@H](N)C(=O)NCC(=O)N1CCC[C@H]1C(=O)N[C@@H](CCCN=C(N)N)C(=O)N1CCC[C@H]1C(=O)NCC(=O)N[C@@H](Cc1ccccc1)C(=O)N[C@@H](CO)C(=O)N1CCC[C@H]1C(=O)N[C@@H](Cc1ccccc1)C(=O)O. The lowest BCUT2D eigenvalue weighted by Gasteiger charge is -2.31. The number of carbonyl (C=O) groups is 10. The van der Waals surface area contributed by atoms with Crippen LogP contribution in [0.2, 0.25) is 0 Å². The number of benzene rings is 2. The van der Waals surface area contributed by atoms with Crippen LogP contribution in [0, 0.1) is 0 Å². The smallest absolute Gasteiger partial charge is 0.326 e. The van der Waals surface area contributed by atoms with Crippen molar-refractivity contribution in [1.82, 2.24) is 46.6 Å². The highest BCUT2D eigenvalue weighted by Crippen LogP contribution is 2.23. The van der Waals surface area contributed by atoms with Crippen molar-refractivity contribution < 1.29 is 58.2 Å². The van der Waals surface area contributed by atoms with Crippen molar-refractivity contribution >= 4 is 65.1 Å². The van der Waals surface area contributed by atoms with Crippen LogP contribution in [-0.2, 0) is 60.8 Å². The predicted octanol–water partition coefficient (Wildman–Crippen LogP) is -3.80. The summed E-state index contributed by atoms with van der Waals surface area (Å²) in [6, 6.07) is 7.95. The molecule has 0 unspecified atom stereocenters. The summed E-state index contributed by atoms with van der Waals surface area (Å²) < 4.78 is 0. The van der Waals surface area contributed by atoms with Gasteiger partial charge in [-0.3, -0.25) is 48.1 Å². The number of nitrogens with two attached hydrogens (primary N) is 4. The van der Waals surface area contributed by atoms with Gasteiger partial charge >= 0.3 is 5.97 Å². The number of carboxylic acid groups (broad SMARTS) is 1. The molecule has 0 saturated carbocycles. The van der Waals surface area contributed by atoms with Crippen LogP contribution in [0.3, 0.4) is 0 Å². The van der Waals surface area contributed by atoms with E-state index in [1.54, 1.807) is 60.7 Å². The average molecular weight is 1090 g/mol. The number of hydrogen-bond acceptors (Lipinski definition) is 14. The minimum absolute atomic E-state index is 0.00817. The second-order valence-corrected chi connectivity index (χ2v) is 19.6. The summed E-state index contributed by atoms with van der Waals surface area (Å²) in [5.74, 6) is -7.55. The number of aliphatic hydroxyl groups is 1. The molecule has 3 heterocycles. The quantitative estimate of drug-likeness (QED) is 0.0211. The van der Waals surface area contributed by atoms with Gasteiger partial charge in [0.25, 0.3) is 0 Å². The van der Waals surface area contributed by atoms with Gasteiger partial charge in [-0.2, -0.15) is 0 Å². The number of aliphatic hydroxyl groups excluding tert-OH is 1. The standard InChI is InChI=1S/C52H76N14O12/c53-22-8-7-17-34(54)44(70)59-30-43(69)64-24-10-20-40(64)47(73)61-35(18-9-23-57-52(55)56)49(75)65-25-11-19-39(65)46(72)58-29-42(68)60-36(27-32-13-3-1-4-14-32)45(71)63-38(31-67)50(76)66-26-12-21-41(66)48(74)62-37(51(77)78)28-33-15-5-2-6-16-33/h1-6,13-16,34-41,67H,7-12,17-31,53-54H2,(H,58,72)(H,59,70)(H,60,68)(H,61,73)(H,62,74)(H,63,71)(H,77,78)(H4,55,56,57)/t34-,35-,36-,37-,38-,39-,40-,41-/m0/s1. The number of hydrogen-bond donors (Lipinski definition) is 12. The molecule has 26 heteroatoms. The number of aliphatic carboxylic acids is 1. The Hall–Kier alpha value is -7.71. The number of nitrogens with one attached hydrogen (secondary N) is 6. The molecule has 3 aliphatic heterocycles. The van der Waals surface area contributed by atoms with Crippen molar-refractivity contribution in [2.45, 2.75) is 132 Å². The number of amides is 9. The number of carbonyl (C=O) groups excluding carboxylic acids is 9. The first-order valence-corrected chi connectivity index (χ1v) is 26.5. The first-order chi connectivity index (χ1) is 37.4. The number of aliphatic imine (C=N–C) groups is 1. The molecule has 16 N–H and O–H groups in total. The van der Waals surface area contributed by atoms with E-state index in [-0.39, 0.29) is 83.6 Å². The van der Waals surface area contributed by atoms with E-state index < -0.39 is 121 Å². The second kappa shape index (κ2) is 30.9. The van der Waals surface area contributed by atoms with E-state index in [1.807, 2.05) is 0 Å². The molecule has 2 aromatic carbocycles. The zero-order valence-corrected chi connectivity index (χ0v) is 43.8. The molecule has 0 aromatic heterocycles. The van der Waals surface area contributed by atoms with E-state index in [2.05, 4.69) is 36.9 Å². The van der Waals surface area contributed by atoms with E-state index in [4.69, 9.17) is 22.9 Å². The Kier molecular flexibility index (Phi) is 24.2. The molecule has 2 aromatic rings. The van der Waals surface area contributed by atoms with Crippen LogP contribution < -0.4 is 54.8 Å². The van der Waals surface area contributed by atoms with Gasteiger partial charge in [-0.1, -0.05) is 67.1 Å². The van der Waals surface area contributed by atoms with Crippen molar-refractivity contribution in [3.8, 4) is 0 Å². The molecule has 26 nitrogen and oxygen atoms in total. The summed E-state index contributed by atoms with van der Waals surface area (Å²) in [6.45, 7) is -0.887. The monoisotopic (exact) mass is 1090 g/mol. The number of unbranched alkanes of at least 4 members (excludes halogenated alkanes) is 1. The van der Waals surface area contributed by atoms with Gasteiger partial charge in [0, 0.05) is 39.0 Å². The summed E-state index contributed by atoms with van der Waals surface area (Å²) in [5.41, 5.74) is 23.8. The molecular formula is C52H76N14O12. The van der Waals surface area contributed by atoms with Gasteiger partial charge in [0.15, 0.2) is 5.96 Å². The average Bonchev–Trinajstić information content (AvgIpc) is 4.29. The molecule has 426 valence electrons. The first kappa shape index (κ1) is 61.1. The van der Waals surface area contributed by atoms with E-state index >= 15 is 0 Å². The molecule has 9 amide bonds. The van der Waals surface area contributed by atoms with Gasteiger partial charge in [0.1, 0.15) is 42.3 Å². The Morgan fingerprint density at radius 2 is 1.12 bits per heavy atom. The van der Waals surface area contributed by atoms with E-state index in [1.165, 1.54) is 14.7 Å². The third-order valence-corrected chi connectivity index (χ3v) is 13.9. The molecule has 0 aliphatic carbocycles. The highest BCUT2D eigenvalue weighted by Gasteiger charge is 2.42. The molecule has 0 radical (unpaired) electrons. The minimum atomic E-state index is -1.56. The van der Waals surface area contributed by atoms with Crippen LogP contribution in [0.4, 0.5) is 0 Å². The van der Waals surface area contributed by atoms with Crippen LogP contribution in [0.1, 0.15) is 81.8 Å². The largest absolute Gasteiger partial charge is 0.480 e. The fraction of sp³-hybridized carbons (Fsp3) is 0.558. The lowest BCUT2D eigenvalue weighted by atomic mass is 10.0. The number of carboxylic acids is 1. The van der Waals surface area contributed by atoms with Crippen LogP contribution in [0.25, 0.3) is 0 Å². The van der Waals surface area contributed by atoms with Gasteiger partial charge < -0.3 is 79.7 Å². The number of rotatable bonds is 29. The number of likely N-dealkylation sites (tertiary alicyclic amines) is 3. The third kappa shape index (κ3) is 18.2. The molecule has 8 atom stereocenters.